The summed E-state index contributed by atoms with van der Waals surface area (Å²) in [4.78, 5) is 14.5. The highest BCUT2D eigenvalue weighted by Gasteiger charge is 2.32. The number of sulfonamides is 1. The van der Waals surface area contributed by atoms with E-state index >= 15 is 0 Å². The van der Waals surface area contributed by atoms with Crippen LogP contribution in [0.5, 0.6) is 0 Å². The molecule has 0 aliphatic carbocycles. The molecular weight excluding hydrogens is 474 g/mol. The van der Waals surface area contributed by atoms with Crippen molar-refractivity contribution in [1.29, 1.82) is 0 Å². The molecule has 0 bridgehead atoms. The van der Waals surface area contributed by atoms with Gasteiger partial charge in [0.15, 0.2) is 0 Å². The van der Waals surface area contributed by atoms with Gasteiger partial charge >= 0.3 is 0 Å². The van der Waals surface area contributed by atoms with E-state index in [4.69, 9.17) is 11.6 Å². The average Bonchev–Trinajstić information content (AvgIpc) is 3.10. The first-order valence-electron chi connectivity index (χ1n) is 8.33. The monoisotopic (exact) mass is 491 g/mol. The second kappa shape index (κ2) is 8.59. The SMILES string of the molecule is CC(C(=O)Nc1ccc(Br)cc1)N1CCN(S(=O)(=O)c2ccc(Cl)s2)CC1. The van der Waals surface area contributed by atoms with Gasteiger partial charge in [0, 0.05) is 36.3 Å². The maximum Gasteiger partial charge on any atom is 0.252 e. The minimum Gasteiger partial charge on any atom is -0.325 e. The van der Waals surface area contributed by atoms with Crippen molar-refractivity contribution in [2.75, 3.05) is 31.5 Å². The van der Waals surface area contributed by atoms with Gasteiger partial charge in [0.1, 0.15) is 4.21 Å². The van der Waals surface area contributed by atoms with E-state index in [1.807, 2.05) is 36.1 Å². The Labute approximate surface area is 176 Å². The summed E-state index contributed by atoms with van der Waals surface area (Å²) < 4.78 is 28.4. The minimum atomic E-state index is -3.53. The number of anilines is 1. The van der Waals surface area contributed by atoms with Crippen molar-refractivity contribution < 1.29 is 13.2 Å². The lowest BCUT2D eigenvalue weighted by atomic mass is 10.2. The quantitative estimate of drug-likeness (QED) is 0.694. The molecule has 1 saturated heterocycles. The summed E-state index contributed by atoms with van der Waals surface area (Å²) in [7, 11) is -3.53. The van der Waals surface area contributed by atoms with Gasteiger partial charge in [-0.25, -0.2) is 8.42 Å². The Hall–Kier alpha value is -0.970. The van der Waals surface area contributed by atoms with Crippen LogP contribution >= 0.6 is 38.9 Å². The lowest BCUT2D eigenvalue weighted by Crippen LogP contribution is -2.53. The third kappa shape index (κ3) is 4.90. The maximum atomic E-state index is 12.7. The molecule has 1 N–H and O–H groups in total. The van der Waals surface area contributed by atoms with Crippen LogP contribution in [0.3, 0.4) is 0 Å². The Morgan fingerprint density at radius 2 is 1.78 bits per heavy atom. The summed E-state index contributed by atoms with van der Waals surface area (Å²) in [5.74, 6) is -0.112. The number of rotatable bonds is 5. The Bertz CT molecular complexity index is 910. The molecule has 1 fully saturated rings. The van der Waals surface area contributed by atoms with Gasteiger partial charge < -0.3 is 5.32 Å². The standard InChI is InChI=1S/C17H19BrClN3O3S2/c1-12(17(23)20-14-4-2-13(18)3-5-14)21-8-10-22(11-9-21)27(24,25)16-7-6-15(19)26-16/h2-7,12H,8-11H2,1H3,(H,20,23). The second-order valence-corrected chi connectivity index (χ2v) is 11.0. The number of halogens is 2. The Kier molecular flexibility index (Phi) is 6.60. The summed E-state index contributed by atoms with van der Waals surface area (Å²) >= 11 is 10.3. The average molecular weight is 493 g/mol. The number of benzene rings is 1. The van der Waals surface area contributed by atoms with Crippen LogP contribution in [0.2, 0.25) is 4.34 Å². The first-order chi connectivity index (χ1) is 12.8. The molecule has 10 heteroatoms. The van der Waals surface area contributed by atoms with Gasteiger partial charge in [-0.15, -0.1) is 11.3 Å². The summed E-state index contributed by atoms with van der Waals surface area (Å²) in [6.45, 7) is 3.50. The first-order valence-corrected chi connectivity index (χ1v) is 11.8. The fourth-order valence-corrected chi connectivity index (χ4v) is 6.16. The van der Waals surface area contributed by atoms with E-state index < -0.39 is 10.0 Å². The van der Waals surface area contributed by atoms with E-state index in [0.29, 0.717) is 30.5 Å². The molecule has 1 aromatic heterocycles. The minimum absolute atomic E-state index is 0.112. The molecule has 1 amide bonds. The van der Waals surface area contributed by atoms with E-state index in [1.54, 1.807) is 6.07 Å². The van der Waals surface area contributed by atoms with Gasteiger partial charge in [0.25, 0.3) is 10.0 Å². The van der Waals surface area contributed by atoms with E-state index in [2.05, 4.69) is 21.2 Å². The fourth-order valence-electron chi connectivity index (χ4n) is 2.84. The lowest BCUT2D eigenvalue weighted by Gasteiger charge is -2.36. The molecule has 146 valence electrons. The van der Waals surface area contributed by atoms with Crippen LogP contribution in [0.1, 0.15) is 6.92 Å². The van der Waals surface area contributed by atoms with Crippen LogP contribution < -0.4 is 5.32 Å². The van der Waals surface area contributed by atoms with E-state index in [9.17, 15) is 13.2 Å². The van der Waals surface area contributed by atoms with Crippen molar-refractivity contribution in [3.8, 4) is 0 Å². The molecule has 2 aromatic rings. The van der Waals surface area contributed by atoms with Gasteiger partial charge in [-0.05, 0) is 43.3 Å². The van der Waals surface area contributed by atoms with Crippen LogP contribution in [0.15, 0.2) is 45.1 Å². The molecular formula is C17H19BrClN3O3S2. The molecule has 27 heavy (non-hydrogen) atoms. The first kappa shape index (κ1) is 20.8. The number of piperazine rings is 1. The van der Waals surface area contributed by atoms with Crippen LogP contribution in [0.25, 0.3) is 0 Å². The van der Waals surface area contributed by atoms with Crippen molar-refractivity contribution in [3.05, 3.63) is 45.2 Å². The predicted molar refractivity (Wildman–Crippen MR) is 112 cm³/mol. The molecule has 0 spiro atoms. The molecule has 1 aliphatic heterocycles. The largest absolute Gasteiger partial charge is 0.325 e. The summed E-state index contributed by atoms with van der Waals surface area (Å²) in [5, 5.41) is 2.89. The number of carbonyl (C=O) groups excluding carboxylic acids is 1. The molecule has 6 nitrogen and oxygen atoms in total. The highest BCUT2D eigenvalue weighted by molar-refractivity contribution is 9.10. The molecule has 1 aromatic carbocycles. The number of hydrogen-bond donors (Lipinski definition) is 1. The van der Waals surface area contributed by atoms with Crippen molar-refractivity contribution in [1.82, 2.24) is 9.21 Å². The zero-order valence-electron chi connectivity index (χ0n) is 14.6. The number of nitrogens with one attached hydrogen (secondary N) is 1. The third-order valence-electron chi connectivity index (χ3n) is 4.45. The number of hydrogen-bond acceptors (Lipinski definition) is 5. The topological polar surface area (TPSA) is 69.7 Å². The van der Waals surface area contributed by atoms with Crippen molar-refractivity contribution in [2.45, 2.75) is 17.2 Å². The zero-order valence-corrected chi connectivity index (χ0v) is 18.5. The summed E-state index contributed by atoms with van der Waals surface area (Å²) in [6, 6.07) is 10.1. The Morgan fingerprint density at radius 1 is 1.15 bits per heavy atom. The Morgan fingerprint density at radius 3 is 2.33 bits per heavy atom. The molecule has 0 saturated carbocycles. The second-order valence-electron chi connectivity index (χ2n) is 6.17. The molecule has 3 rings (SSSR count). The smallest absolute Gasteiger partial charge is 0.252 e. The van der Waals surface area contributed by atoms with Crippen molar-refractivity contribution >= 4 is 60.5 Å². The van der Waals surface area contributed by atoms with Crippen LogP contribution in [-0.2, 0) is 14.8 Å². The third-order valence-corrected chi connectivity index (χ3v) is 8.58. The summed E-state index contributed by atoms with van der Waals surface area (Å²) in [5.41, 5.74) is 0.728. The van der Waals surface area contributed by atoms with Crippen molar-refractivity contribution in [3.63, 3.8) is 0 Å². The van der Waals surface area contributed by atoms with Gasteiger partial charge in [-0.3, -0.25) is 9.69 Å². The van der Waals surface area contributed by atoms with Crippen LogP contribution in [0, 0.1) is 0 Å². The van der Waals surface area contributed by atoms with E-state index in [-0.39, 0.29) is 16.2 Å². The number of thiophene rings is 1. The summed E-state index contributed by atoms with van der Waals surface area (Å²) in [6.07, 6.45) is 0. The Balaban J connectivity index is 1.58. The maximum absolute atomic E-state index is 12.7. The van der Waals surface area contributed by atoms with Crippen LogP contribution in [-0.4, -0.2) is 55.8 Å². The van der Waals surface area contributed by atoms with Crippen LogP contribution in [0.4, 0.5) is 5.69 Å². The normalized spacial score (nSPS) is 17.6. The van der Waals surface area contributed by atoms with Crippen molar-refractivity contribution in [2.24, 2.45) is 0 Å². The highest BCUT2D eigenvalue weighted by Crippen LogP contribution is 2.28. The van der Waals surface area contributed by atoms with Gasteiger partial charge in [0.05, 0.1) is 10.4 Å². The van der Waals surface area contributed by atoms with Gasteiger partial charge in [-0.1, -0.05) is 27.5 Å². The predicted octanol–water partition coefficient (Wildman–Crippen LogP) is 3.50. The molecule has 1 atom stereocenters. The number of amides is 1. The zero-order chi connectivity index (χ0) is 19.6. The van der Waals surface area contributed by atoms with E-state index in [1.165, 1.54) is 10.4 Å². The van der Waals surface area contributed by atoms with Gasteiger partial charge in [-0.2, -0.15) is 4.31 Å². The molecule has 1 aliphatic rings. The highest BCUT2D eigenvalue weighted by atomic mass is 79.9. The number of carbonyl (C=O) groups is 1. The fraction of sp³-hybridized carbons (Fsp3) is 0.353. The number of nitrogens with zero attached hydrogens (tertiary/aromatic N) is 2. The molecule has 1 unspecified atom stereocenters. The lowest BCUT2D eigenvalue weighted by molar-refractivity contribution is -0.121. The van der Waals surface area contributed by atoms with E-state index in [0.717, 1.165) is 21.5 Å². The van der Waals surface area contributed by atoms with Gasteiger partial charge in [0.2, 0.25) is 5.91 Å². The molecule has 2 heterocycles. The molecule has 0 radical (unpaired) electrons.